The summed E-state index contributed by atoms with van der Waals surface area (Å²) >= 11 is 0. The number of hydrogen-bond acceptors (Lipinski definition) is 6. The van der Waals surface area contributed by atoms with Crippen molar-refractivity contribution in [1.29, 1.82) is 0 Å². The second kappa shape index (κ2) is 5.86. The molecular weight excluding hydrogens is 286 g/mol. The Labute approximate surface area is 127 Å². The lowest BCUT2D eigenvalue weighted by molar-refractivity contribution is -0.384. The third-order valence-corrected chi connectivity index (χ3v) is 3.50. The number of nitrogens with zero attached hydrogens (tertiary/aromatic N) is 2. The number of aliphatic hydroxyl groups excluding tert-OH is 1. The summed E-state index contributed by atoms with van der Waals surface area (Å²) in [6.45, 7) is 4.59. The van der Waals surface area contributed by atoms with Crippen LogP contribution in [0.2, 0.25) is 0 Å². The van der Waals surface area contributed by atoms with E-state index in [1.54, 1.807) is 24.3 Å². The van der Waals surface area contributed by atoms with Crippen LogP contribution in [0.25, 0.3) is 10.9 Å². The van der Waals surface area contributed by atoms with Gasteiger partial charge < -0.3 is 15.5 Å². The lowest BCUT2D eigenvalue weighted by Gasteiger charge is -2.33. The quantitative estimate of drug-likeness (QED) is 0.576. The van der Waals surface area contributed by atoms with Gasteiger partial charge in [-0.15, -0.1) is 0 Å². The normalized spacial score (nSPS) is 14.6. The second-order valence-electron chi connectivity index (χ2n) is 5.81. The Morgan fingerprint density at radius 3 is 2.55 bits per heavy atom. The van der Waals surface area contributed by atoms with Crippen molar-refractivity contribution in [2.45, 2.75) is 38.5 Å². The molecule has 0 fully saturated rings. The first kappa shape index (κ1) is 16.1. The minimum Gasteiger partial charge on any atom is -0.391 e. The Hall–Kier alpha value is -2.25. The summed E-state index contributed by atoms with van der Waals surface area (Å²) < 4.78 is 0. The van der Waals surface area contributed by atoms with Crippen LogP contribution in [0.3, 0.4) is 0 Å². The van der Waals surface area contributed by atoms with Gasteiger partial charge in [0.15, 0.2) is 0 Å². The molecular formula is C15H19N3O4. The lowest BCUT2D eigenvalue weighted by atomic mass is 9.94. The monoisotopic (exact) mass is 305 g/mol. The van der Waals surface area contributed by atoms with Crippen molar-refractivity contribution in [3.05, 3.63) is 40.6 Å². The van der Waals surface area contributed by atoms with E-state index >= 15 is 0 Å². The van der Waals surface area contributed by atoms with Crippen molar-refractivity contribution >= 4 is 22.3 Å². The summed E-state index contributed by atoms with van der Waals surface area (Å²) in [6.07, 6.45) is 0.264. The van der Waals surface area contributed by atoms with E-state index in [0.717, 1.165) is 0 Å². The molecule has 1 heterocycles. The number of benzene rings is 1. The molecule has 0 aliphatic carbocycles. The number of aromatic nitrogens is 1. The SMILES string of the molecule is C[C@H](O)[C@@H](Nc1c([N+](=O)[O-])cnc2ccccc12)C(C)(C)O. The number of para-hydroxylation sites is 1. The number of aliphatic hydroxyl groups is 2. The van der Waals surface area contributed by atoms with Crippen molar-refractivity contribution in [3.8, 4) is 0 Å². The van der Waals surface area contributed by atoms with Crippen LogP contribution in [-0.2, 0) is 0 Å². The highest BCUT2D eigenvalue weighted by Gasteiger charge is 2.33. The molecule has 7 heteroatoms. The van der Waals surface area contributed by atoms with Crippen LogP contribution in [0.1, 0.15) is 20.8 Å². The molecule has 0 bridgehead atoms. The first-order valence-corrected chi connectivity index (χ1v) is 6.91. The molecule has 2 rings (SSSR count). The van der Waals surface area contributed by atoms with Gasteiger partial charge in [-0.1, -0.05) is 18.2 Å². The van der Waals surface area contributed by atoms with E-state index in [1.165, 1.54) is 27.0 Å². The average Bonchev–Trinajstić information content (AvgIpc) is 2.42. The first-order valence-electron chi connectivity index (χ1n) is 6.91. The fourth-order valence-corrected chi connectivity index (χ4v) is 2.46. The van der Waals surface area contributed by atoms with E-state index in [0.29, 0.717) is 10.9 Å². The third-order valence-electron chi connectivity index (χ3n) is 3.50. The van der Waals surface area contributed by atoms with Gasteiger partial charge in [-0.3, -0.25) is 10.1 Å². The molecule has 0 amide bonds. The van der Waals surface area contributed by atoms with Crippen LogP contribution in [-0.4, -0.2) is 37.9 Å². The molecule has 0 radical (unpaired) electrons. The van der Waals surface area contributed by atoms with Crippen LogP contribution in [0.4, 0.5) is 11.4 Å². The Bertz CT molecular complexity index is 695. The molecule has 118 valence electrons. The number of rotatable bonds is 5. The number of nitro groups is 1. The highest BCUT2D eigenvalue weighted by molar-refractivity contribution is 5.95. The molecule has 0 spiro atoms. The van der Waals surface area contributed by atoms with Crippen molar-refractivity contribution in [3.63, 3.8) is 0 Å². The Kier molecular flexibility index (Phi) is 4.30. The highest BCUT2D eigenvalue weighted by Crippen LogP contribution is 2.33. The van der Waals surface area contributed by atoms with Gasteiger partial charge in [0.05, 0.1) is 28.2 Å². The fraction of sp³-hybridized carbons (Fsp3) is 0.400. The molecule has 7 nitrogen and oxygen atoms in total. The maximum Gasteiger partial charge on any atom is 0.311 e. The van der Waals surface area contributed by atoms with Crippen molar-refractivity contribution in [2.24, 2.45) is 0 Å². The Morgan fingerprint density at radius 2 is 2.00 bits per heavy atom. The first-order chi connectivity index (χ1) is 10.2. The molecule has 0 saturated carbocycles. The molecule has 0 aliphatic heterocycles. The minimum atomic E-state index is -1.27. The summed E-state index contributed by atoms with van der Waals surface area (Å²) in [7, 11) is 0. The molecule has 1 aromatic carbocycles. The zero-order chi connectivity index (χ0) is 16.5. The predicted octanol–water partition coefficient (Wildman–Crippen LogP) is 2.08. The zero-order valence-electron chi connectivity index (χ0n) is 12.6. The molecule has 0 aliphatic rings. The largest absolute Gasteiger partial charge is 0.391 e. The number of fused-ring (bicyclic) bond motifs is 1. The van der Waals surface area contributed by atoms with E-state index in [-0.39, 0.29) is 11.4 Å². The number of hydrogen-bond donors (Lipinski definition) is 3. The van der Waals surface area contributed by atoms with Crippen LogP contribution in [0.5, 0.6) is 0 Å². The zero-order valence-corrected chi connectivity index (χ0v) is 12.6. The van der Waals surface area contributed by atoms with Gasteiger partial charge in [0.25, 0.3) is 0 Å². The van der Waals surface area contributed by atoms with Crippen molar-refractivity contribution < 1.29 is 15.1 Å². The van der Waals surface area contributed by atoms with Gasteiger partial charge in [0, 0.05) is 5.39 Å². The molecule has 0 saturated heterocycles. The third kappa shape index (κ3) is 3.15. The second-order valence-corrected chi connectivity index (χ2v) is 5.81. The minimum absolute atomic E-state index is 0.200. The van der Waals surface area contributed by atoms with E-state index in [9.17, 15) is 20.3 Å². The van der Waals surface area contributed by atoms with E-state index in [1.807, 2.05) is 0 Å². The average molecular weight is 305 g/mol. The summed E-state index contributed by atoms with van der Waals surface area (Å²) in [6, 6.07) is 6.21. The van der Waals surface area contributed by atoms with Gasteiger partial charge in [0.1, 0.15) is 11.9 Å². The standard InChI is InChI=1S/C15H19N3O4/c1-9(19)14(15(2,3)20)17-13-10-6-4-5-7-11(10)16-8-12(13)18(21)22/h4-9,14,19-20H,1-3H3,(H,16,17)/t9-,14+/m0/s1. The number of pyridine rings is 1. The molecule has 3 N–H and O–H groups in total. The van der Waals surface area contributed by atoms with E-state index < -0.39 is 22.7 Å². The van der Waals surface area contributed by atoms with Gasteiger partial charge in [-0.25, -0.2) is 4.98 Å². The van der Waals surface area contributed by atoms with Gasteiger partial charge >= 0.3 is 5.69 Å². The Morgan fingerprint density at radius 1 is 1.36 bits per heavy atom. The maximum atomic E-state index is 11.3. The summed E-state index contributed by atoms with van der Waals surface area (Å²) in [4.78, 5) is 14.8. The molecule has 2 aromatic rings. The predicted molar refractivity (Wildman–Crippen MR) is 83.8 cm³/mol. The fourth-order valence-electron chi connectivity index (χ4n) is 2.46. The summed E-state index contributed by atoms with van der Waals surface area (Å²) in [5.41, 5.74) is -0.639. The van der Waals surface area contributed by atoms with Gasteiger partial charge in [0.2, 0.25) is 0 Å². The lowest BCUT2D eigenvalue weighted by Crippen LogP contribution is -2.49. The topological polar surface area (TPSA) is 109 Å². The van der Waals surface area contributed by atoms with E-state index in [2.05, 4.69) is 10.3 Å². The highest BCUT2D eigenvalue weighted by atomic mass is 16.6. The van der Waals surface area contributed by atoms with Crippen LogP contribution in [0.15, 0.2) is 30.5 Å². The smallest absolute Gasteiger partial charge is 0.311 e. The summed E-state index contributed by atoms with van der Waals surface area (Å²) in [5.74, 6) is 0. The van der Waals surface area contributed by atoms with Gasteiger partial charge in [-0.05, 0) is 26.8 Å². The molecule has 22 heavy (non-hydrogen) atoms. The van der Waals surface area contributed by atoms with Crippen molar-refractivity contribution in [2.75, 3.05) is 5.32 Å². The molecule has 1 aromatic heterocycles. The molecule has 0 unspecified atom stereocenters. The number of anilines is 1. The van der Waals surface area contributed by atoms with Crippen LogP contribution >= 0.6 is 0 Å². The maximum absolute atomic E-state index is 11.3. The van der Waals surface area contributed by atoms with Gasteiger partial charge in [-0.2, -0.15) is 0 Å². The number of nitrogens with one attached hydrogen (secondary N) is 1. The van der Waals surface area contributed by atoms with Crippen LogP contribution < -0.4 is 5.32 Å². The van der Waals surface area contributed by atoms with Crippen molar-refractivity contribution in [1.82, 2.24) is 4.98 Å². The Balaban J connectivity index is 2.61. The molecule has 2 atom stereocenters. The van der Waals surface area contributed by atoms with E-state index in [4.69, 9.17) is 0 Å². The summed E-state index contributed by atoms with van der Waals surface area (Å²) in [5, 5.41) is 34.9. The van der Waals surface area contributed by atoms with Crippen LogP contribution in [0, 0.1) is 10.1 Å².